The van der Waals surface area contributed by atoms with Crippen molar-refractivity contribution in [1.82, 2.24) is 9.78 Å². The molecule has 6 heteroatoms. The molecule has 0 saturated heterocycles. The number of carboxylic acid groups (broad SMARTS) is 1. The van der Waals surface area contributed by atoms with Crippen LogP contribution in [0, 0.1) is 0 Å². The maximum atomic E-state index is 10.2. The first-order chi connectivity index (χ1) is 5.09. The van der Waals surface area contributed by atoms with Crippen molar-refractivity contribution in [3.05, 3.63) is 10.7 Å². The molecule has 1 aromatic heterocycles. The number of hydrogen-bond donors (Lipinski definition) is 2. The molecule has 11 heavy (non-hydrogen) atoms. The van der Waals surface area contributed by atoms with Crippen LogP contribution < -0.4 is 5.73 Å². The van der Waals surface area contributed by atoms with E-state index >= 15 is 0 Å². The van der Waals surface area contributed by atoms with Crippen molar-refractivity contribution in [3.63, 3.8) is 0 Å². The lowest BCUT2D eigenvalue weighted by Gasteiger charge is -1.92. The van der Waals surface area contributed by atoms with Gasteiger partial charge in [0.2, 0.25) is 0 Å². The molecule has 1 aromatic rings. The van der Waals surface area contributed by atoms with Gasteiger partial charge in [0.05, 0.1) is 4.47 Å². The van der Waals surface area contributed by atoms with Crippen molar-refractivity contribution < 1.29 is 9.90 Å². The largest absolute Gasteiger partial charge is 0.480 e. The Morgan fingerprint density at radius 1 is 1.91 bits per heavy atom. The topological polar surface area (TPSA) is 81.1 Å². The zero-order valence-corrected chi connectivity index (χ0v) is 7.08. The van der Waals surface area contributed by atoms with Gasteiger partial charge in [0, 0.05) is 6.20 Å². The number of carboxylic acids is 1. The van der Waals surface area contributed by atoms with E-state index < -0.39 is 5.97 Å². The molecule has 0 aliphatic rings. The first-order valence-electron chi connectivity index (χ1n) is 2.80. The summed E-state index contributed by atoms with van der Waals surface area (Å²) in [7, 11) is 0. The SMILES string of the molecule is Nc1nn(CC(=O)O)cc1Br. The van der Waals surface area contributed by atoms with E-state index in [9.17, 15) is 4.79 Å². The van der Waals surface area contributed by atoms with Crippen LogP contribution in [0.3, 0.4) is 0 Å². The molecule has 0 saturated carbocycles. The Bertz CT molecular complexity index is 264. The van der Waals surface area contributed by atoms with E-state index in [4.69, 9.17) is 10.8 Å². The van der Waals surface area contributed by atoms with Gasteiger partial charge in [0.25, 0.3) is 0 Å². The second-order valence-electron chi connectivity index (χ2n) is 1.95. The summed E-state index contributed by atoms with van der Waals surface area (Å²) in [6.07, 6.45) is 1.52. The normalized spacial score (nSPS) is 9.91. The fourth-order valence-electron chi connectivity index (χ4n) is 0.632. The van der Waals surface area contributed by atoms with Gasteiger partial charge < -0.3 is 10.8 Å². The Labute approximate surface area is 70.9 Å². The Hall–Kier alpha value is -1.04. The molecule has 0 radical (unpaired) electrons. The minimum absolute atomic E-state index is 0.171. The van der Waals surface area contributed by atoms with E-state index in [-0.39, 0.29) is 6.54 Å². The van der Waals surface area contributed by atoms with Gasteiger partial charge in [-0.15, -0.1) is 0 Å². The fourth-order valence-corrected chi connectivity index (χ4v) is 0.947. The lowest BCUT2D eigenvalue weighted by molar-refractivity contribution is -0.137. The van der Waals surface area contributed by atoms with Crippen LogP contribution in [0.15, 0.2) is 10.7 Å². The summed E-state index contributed by atoms with van der Waals surface area (Å²) in [4.78, 5) is 10.2. The number of anilines is 1. The van der Waals surface area contributed by atoms with Gasteiger partial charge in [0.1, 0.15) is 6.54 Å². The van der Waals surface area contributed by atoms with Crippen molar-refractivity contribution in [3.8, 4) is 0 Å². The predicted octanol–water partition coefficient (Wildman–Crippen LogP) is 0.312. The van der Waals surface area contributed by atoms with Crippen LogP contribution in [0.4, 0.5) is 5.82 Å². The molecule has 0 atom stereocenters. The van der Waals surface area contributed by atoms with Gasteiger partial charge in [-0.3, -0.25) is 9.48 Å². The van der Waals surface area contributed by atoms with Gasteiger partial charge in [-0.1, -0.05) is 0 Å². The number of nitrogen functional groups attached to an aromatic ring is 1. The summed E-state index contributed by atoms with van der Waals surface area (Å²) in [5.74, 6) is -0.647. The van der Waals surface area contributed by atoms with Gasteiger partial charge >= 0.3 is 5.97 Å². The molecule has 1 rings (SSSR count). The van der Waals surface area contributed by atoms with Crippen molar-refractivity contribution in [1.29, 1.82) is 0 Å². The summed E-state index contributed by atoms with van der Waals surface area (Å²) in [6, 6.07) is 0. The predicted molar refractivity (Wildman–Crippen MR) is 42.0 cm³/mol. The zero-order chi connectivity index (χ0) is 8.43. The third-order valence-electron chi connectivity index (χ3n) is 1.04. The number of aliphatic carboxylic acids is 1. The highest BCUT2D eigenvalue weighted by molar-refractivity contribution is 9.10. The molecule has 0 spiro atoms. The minimum Gasteiger partial charge on any atom is -0.480 e. The standard InChI is InChI=1S/C5H6BrN3O2/c6-3-1-9(2-4(10)11)8-5(3)7/h1H,2H2,(H2,7,8)(H,10,11). The van der Waals surface area contributed by atoms with Gasteiger partial charge in [0.15, 0.2) is 5.82 Å². The lowest BCUT2D eigenvalue weighted by Crippen LogP contribution is -2.09. The molecule has 1 heterocycles. The summed E-state index contributed by atoms with van der Waals surface area (Å²) >= 11 is 3.10. The molecule has 0 bridgehead atoms. The molecular formula is C5H6BrN3O2. The number of carbonyl (C=O) groups is 1. The van der Waals surface area contributed by atoms with E-state index in [1.165, 1.54) is 10.9 Å². The highest BCUT2D eigenvalue weighted by Crippen LogP contribution is 2.15. The average molecular weight is 220 g/mol. The maximum absolute atomic E-state index is 10.2. The smallest absolute Gasteiger partial charge is 0.325 e. The van der Waals surface area contributed by atoms with Crippen molar-refractivity contribution in [2.24, 2.45) is 0 Å². The monoisotopic (exact) mass is 219 g/mol. The molecule has 0 amide bonds. The second-order valence-corrected chi connectivity index (χ2v) is 2.81. The van der Waals surface area contributed by atoms with Gasteiger partial charge in [-0.2, -0.15) is 5.10 Å². The molecule has 5 nitrogen and oxygen atoms in total. The van der Waals surface area contributed by atoms with Crippen LogP contribution in [0.2, 0.25) is 0 Å². The van der Waals surface area contributed by atoms with Crippen molar-refractivity contribution >= 4 is 27.7 Å². The second kappa shape index (κ2) is 2.91. The van der Waals surface area contributed by atoms with Crippen molar-refractivity contribution in [2.45, 2.75) is 6.54 Å². The molecule has 0 aromatic carbocycles. The van der Waals surface area contributed by atoms with Crippen LogP contribution >= 0.6 is 15.9 Å². The zero-order valence-electron chi connectivity index (χ0n) is 5.49. The Balaban J connectivity index is 2.81. The third-order valence-corrected chi connectivity index (χ3v) is 1.65. The summed E-state index contributed by atoms with van der Waals surface area (Å²) in [6.45, 7) is -0.171. The summed E-state index contributed by atoms with van der Waals surface area (Å²) in [5.41, 5.74) is 5.34. The number of hydrogen-bond acceptors (Lipinski definition) is 3. The average Bonchev–Trinajstić information content (AvgIpc) is 2.10. The fraction of sp³-hybridized carbons (Fsp3) is 0.200. The van der Waals surface area contributed by atoms with E-state index in [1.807, 2.05) is 0 Å². The first kappa shape index (κ1) is 8.06. The minimum atomic E-state index is -0.944. The van der Waals surface area contributed by atoms with E-state index in [2.05, 4.69) is 21.0 Å². The Kier molecular flexibility index (Phi) is 2.13. The van der Waals surface area contributed by atoms with Gasteiger partial charge in [-0.05, 0) is 15.9 Å². The number of halogens is 1. The molecule has 0 aliphatic heterocycles. The number of nitrogens with zero attached hydrogens (tertiary/aromatic N) is 2. The lowest BCUT2D eigenvalue weighted by atomic mass is 10.6. The van der Waals surface area contributed by atoms with Gasteiger partial charge in [-0.25, -0.2) is 0 Å². The highest BCUT2D eigenvalue weighted by Gasteiger charge is 2.04. The molecule has 3 N–H and O–H groups in total. The van der Waals surface area contributed by atoms with Crippen LogP contribution in [-0.2, 0) is 11.3 Å². The number of nitrogens with two attached hydrogens (primary N) is 1. The third kappa shape index (κ3) is 1.94. The first-order valence-corrected chi connectivity index (χ1v) is 3.59. The Morgan fingerprint density at radius 3 is 2.91 bits per heavy atom. The molecule has 0 aliphatic carbocycles. The van der Waals surface area contributed by atoms with E-state index in [0.29, 0.717) is 10.3 Å². The molecule has 0 unspecified atom stereocenters. The van der Waals surface area contributed by atoms with Crippen molar-refractivity contribution in [2.75, 3.05) is 5.73 Å². The number of rotatable bonds is 2. The van der Waals surface area contributed by atoms with Crippen LogP contribution in [0.25, 0.3) is 0 Å². The molecule has 60 valence electrons. The van der Waals surface area contributed by atoms with E-state index in [1.54, 1.807) is 0 Å². The van der Waals surface area contributed by atoms with Crippen LogP contribution in [0.1, 0.15) is 0 Å². The Morgan fingerprint density at radius 2 is 2.55 bits per heavy atom. The summed E-state index contributed by atoms with van der Waals surface area (Å²) in [5, 5.41) is 12.1. The quantitative estimate of drug-likeness (QED) is 0.751. The van der Waals surface area contributed by atoms with Crippen LogP contribution in [0.5, 0.6) is 0 Å². The highest BCUT2D eigenvalue weighted by atomic mass is 79.9. The molecule has 0 fully saturated rings. The summed E-state index contributed by atoms with van der Waals surface area (Å²) < 4.78 is 1.86. The van der Waals surface area contributed by atoms with E-state index in [0.717, 1.165) is 0 Å². The molecular weight excluding hydrogens is 214 g/mol. The number of aromatic nitrogens is 2. The maximum Gasteiger partial charge on any atom is 0.325 e. The van der Waals surface area contributed by atoms with Crippen LogP contribution in [-0.4, -0.2) is 20.9 Å².